The van der Waals surface area contributed by atoms with Crippen LogP contribution in [0.25, 0.3) is 105 Å². The summed E-state index contributed by atoms with van der Waals surface area (Å²) in [6, 6.07) is 73.1. The number of benzene rings is 10. The summed E-state index contributed by atoms with van der Waals surface area (Å²) in [4.78, 5) is 2.47. The van der Waals surface area contributed by atoms with E-state index in [1.165, 1.54) is 76.7 Å². The Morgan fingerprint density at radius 2 is 0.971 bits per heavy atom. The van der Waals surface area contributed by atoms with Crippen LogP contribution in [-0.4, -0.2) is 9.13 Å². The highest BCUT2D eigenvalue weighted by atomic mass is 16.3. The van der Waals surface area contributed by atoms with Gasteiger partial charge in [0.25, 0.3) is 0 Å². The summed E-state index contributed by atoms with van der Waals surface area (Å²) in [7, 11) is 0. The Morgan fingerprint density at radius 1 is 0.478 bits per heavy atom. The molecule has 3 heterocycles. The van der Waals surface area contributed by atoms with Gasteiger partial charge < -0.3 is 18.5 Å². The fraction of sp³-hybridized carbons (Fsp3) is 0.0769. The zero-order valence-electron chi connectivity index (χ0n) is 39.0. The fourth-order valence-electron chi connectivity index (χ4n) is 12.3. The molecule has 328 valence electrons. The minimum absolute atomic E-state index is 0.345. The van der Waals surface area contributed by atoms with Gasteiger partial charge in [-0.15, -0.1) is 0 Å². The summed E-state index contributed by atoms with van der Waals surface area (Å²) >= 11 is 0. The van der Waals surface area contributed by atoms with Gasteiger partial charge in [0.15, 0.2) is 5.58 Å². The molecule has 0 fully saturated rings. The Hall–Kier alpha value is -8.60. The maximum Gasteiger partial charge on any atom is 0.160 e. The van der Waals surface area contributed by atoms with Crippen molar-refractivity contribution in [2.24, 2.45) is 0 Å². The van der Waals surface area contributed by atoms with Gasteiger partial charge in [0, 0.05) is 60.5 Å². The third-order valence-corrected chi connectivity index (χ3v) is 15.1. The third-order valence-electron chi connectivity index (χ3n) is 15.1. The number of allylic oxidation sites excluding steroid dienone is 1. The van der Waals surface area contributed by atoms with Crippen molar-refractivity contribution in [3.05, 3.63) is 229 Å². The van der Waals surface area contributed by atoms with Crippen LogP contribution in [0.5, 0.6) is 0 Å². The van der Waals surface area contributed by atoms with Crippen molar-refractivity contribution in [2.45, 2.75) is 33.1 Å². The van der Waals surface area contributed by atoms with E-state index in [1.807, 2.05) is 0 Å². The number of aromatic nitrogens is 2. The van der Waals surface area contributed by atoms with Gasteiger partial charge in [0.1, 0.15) is 5.58 Å². The lowest BCUT2D eigenvalue weighted by atomic mass is 9.78. The molecule has 0 N–H and O–H groups in total. The quantitative estimate of drug-likeness (QED) is 0.166. The number of furan rings is 1. The van der Waals surface area contributed by atoms with E-state index < -0.39 is 0 Å². The second-order valence-electron chi connectivity index (χ2n) is 19.2. The number of hydrogen-bond acceptors (Lipinski definition) is 2. The average Bonchev–Trinajstić information content (AvgIpc) is 4.11. The fourth-order valence-corrected chi connectivity index (χ4v) is 12.3. The predicted molar refractivity (Wildman–Crippen MR) is 292 cm³/mol. The maximum atomic E-state index is 7.30. The van der Waals surface area contributed by atoms with E-state index in [1.54, 1.807) is 0 Å². The molecule has 0 aliphatic heterocycles. The van der Waals surface area contributed by atoms with Gasteiger partial charge >= 0.3 is 0 Å². The van der Waals surface area contributed by atoms with Crippen molar-refractivity contribution in [1.82, 2.24) is 9.13 Å². The van der Waals surface area contributed by atoms with Crippen molar-refractivity contribution in [3.8, 4) is 22.5 Å². The SMILES string of the molecule is C/C=C\c1c(C)c2c(c3ccccc13)-c1c(cc(N(c3ccc4c(c3)c3ccccc3n4-c3ccccc3)c3ccc4c(c3)c3ccccc3n4-c3ccccc3)c3oc4ccccc4c13)C2(C)C. The number of para-hydroxylation sites is 5. The summed E-state index contributed by atoms with van der Waals surface area (Å²) in [5.41, 5.74) is 19.3. The van der Waals surface area contributed by atoms with Crippen LogP contribution < -0.4 is 4.90 Å². The van der Waals surface area contributed by atoms with Gasteiger partial charge in [-0.3, -0.25) is 0 Å². The van der Waals surface area contributed by atoms with Crippen LogP contribution >= 0.6 is 0 Å². The molecule has 4 nitrogen and oxygen atoms in total. The lowest BCUT2D eigenvalue weighted by Gasteiger charge is -2.29. The molecule has 0 atom stereocenters. The summed E-state index contributed by atoms with van der Waals surface area (Å²) < 4.78 is 12.1. The molecule has 0 spiro atoms. The normalized spacial score (nSPS) is 13.3. The highest BCUT2D eigenvalue weighted by Crippen LogP contribution is 2.60. The molecule has 0 amide bonds. The van der Waals surface area contributed by atoms with Gasteiger partial charge in [0.2, 0.25) is 0 Å². The lowest BCUT2D eigenvalue weighted by Crippen LogP contribution is -2.18. The molecule has 69 heavy (non-hydrogen) atoms. The van der Waals surface area contributed by atoms with Crippen LogP contribution in [0.4, 0.5) is 17.1 Å². The molecular formula is C65H47N3O. The van der Waals surface area contributed by atoms with E-state index in [-0.39, 0.29) is 5.41 Å². The van der Waals surface area contributed by atoms with Crippen molar-refractivity contribution >= 4 is 99.5 Å². The molecule has 0 saturated heterocycles. The standard InChI is InChI=1S/C65H47N3O/c1-5-20-45-40(2)63-60(49-28-13-12-25-46(45)49)62-53(65(63,3)4)39-58(64-61(62)50-29-16-19-32-59(50)69-64)66(43-33-35-56-51(37-43)47-26-14-17-30-54(47)67(56)41-21-8-6-9-22-41)44-34-36-57-52(38-44)48-27-15-18-31-55(48)68(57)42-23-10-7-11-24-42/h5-39H,1-4H3/b20-5-. The molecule has 1 aliphatic rings. The zero-order chi connectivity index (χ0) is 46.1. The number of rotatable bonds is 6. The van der Waals surface area contributed by atoms with Gasteiger partial charge in [-0.25, -0.2) is 0 Å². The first kappa shape index (κ1) is 39.6. The largest absolute Gasteiger partial charge is 0.454 e. The average molecular weight is 886 g/mol. The molecule has 14 rings (SSSR count). The Labute approximate surface area is 400 Å². The Balaban J connectivity index is 1.11. The number of anilines is 3. The van der Waals surface area contributed by atoms with Crippen LogP contribution in [0.2, 0.25) is 0 Å². The smallest absolute Gasteiger partial charge is 0.160 e. The van der Waals surface area contributed by atoms with Crippen molar-refractivity contribution in [3.63, 3.8) is 0 Å². The van der Waals surface area contributed by atoms with Crippen LogP contribution in [0.1, 0.15) is 43.0 Å². The second-order valence-corrected chi connectivity index (χ2v) is 19.2. The van der Waals surface area contributed by atoms with E-state index in [0.717, 1.165) is 61.4 Å². The first-order valence-electron chi connectivity index (χ1n) is 24.1. The van der Waals surface area contributed by atoms with E-state index in [2.05, 4.69) is 254 Å². The molecule has 0 bridgehead atoms. The first-order valence-corrected chi connectivity index (χ1v) is 24.1. The highest BCUT2D eigenvalue weighted by Gasteiger charge is 2.42. The van der Waals surface area contributed by atoms with E-state index in [0.29, 0.717) is 0 Å². The third kappa shape index (κ3) is 5.51. The van der Waals surface area contributed by atoms with Crippen molar-refractivity contribution in [2.75, 3.05) is 4.90 Å². The Morgan fingerprint density at radius 3 is 1.55 bits per heavy atom. The van der Waals surface area contributed by atoms with E-state index in [9.17, 15) is 0 Å². The number of fused-ring (bicyclic) bond motifs is 15. The second kappa shape index (κ2) is 14.7. The van der Waals surface area contributed by atoms with Gasteiger partial charge in [-0.1, -0.05) is 141 Å². The molecule has 0 saturated carbocycles. The number of nitrogens with zero attached hydrogens (tertiary/aromatic N) is 3. The molecule has 0 radical (unpaired) electrons. The molecule has 4 heteroatoms. The summed E-state index contributed by atoms with van der Waals surface area (Å²) in [6.07, 6.45) is 4.47. The minimum Gasteiger partial charge on any atom is -0.454 e. The van der Waals surface area contributed by atoms with Gasteiger partial charge in [-0.2, -0.15) is 0 Å². The Kier molecular flexibility index (Phi) is 8.43. The minimum atomic E-state index is -0.345. The summed E-state index contributed by atoms with van der Waals surface area (Å²) in [5, 5.41) is 9.61. The van der Waals surface area contributed by atoms with Crippen LogP contribution in [0, 0.1) is 6.92 Å². The van der Waals surface area contributed by atoms with Crippen LogP contribution in [0.3, 0.4) is 0 Å². The molecule has 3 aromatic heterocycles. The lowest BCUT2D eigenvalue weighted by molar-refractivity contribution is 0.653. The molecule has 1 aliphatic carbocycles. The monoisotopic (exact) mass is 885 g/mol. The first-order chi connectivity index (χ1) is 33.9. The number of hydrogen-bond donors (Lipinski definition) is 0. The van der Waals surface area contributed by atoms with Crippen LogP contribution in [-0.2, 0) is 5.41 Å². The van der Waals surface area contributed by atoms with Gasteiger partial charge in [-0.05, 0) is 143 Å². The highest BCUT2D eigenvalue weighted by molar-refractivity contribution is 6.23. The Bertz CT molecular complexity index is 4140. The van der Waals surface area contributed by atoms with E-state index >= 15 is 0 Å². The van der Waals surface area contributed by atoms with E-state index in [4.69, 9.17) is 4.42 Å². The molecule has 0 unspecified atom stereocenters. The molecule has 13 aromatic rings. The zero-order valence-corrected chi connectivity index (χ0v) is 39.0. The molecule has 10 aromatic carbocycles. The maximum absolute atomic E-state index is 7.30. The molecular weight excluding hydrogens is 839 g/mol. The van der Waals surface area contributed by atoms with Crippen LogP contribution in [0.15, 0.2) is 211 Å². The predicted octanol–water partition coefficient (Wildman–Crippen LogP) is 18.1. The topological polar surface area (TPSA) is 26.2 Å². The van der Waals surface area contributed by atoms with Crippen molar-refractivity contribution in [1.29, 1.82) is 0 Å². The summed E-state index contributed by atoms with van der Waals surface area (Å²) in [6.45, 7) is 9.30. The van der Waals surface area contributed by atoms with Crippen molar-refractivity contribution < 1.29 is 4.42 Å². The summed E-state index contributed by atoms with van der Waals surface area (Å²) in [5.74, 6) is 0. The van der Waals surface area contributed by atoms with Gasteiger partial charge in [0.05, 0.1) is 27.8 Å².